The number of methoxy groups -OCH3 is 1. The number of thiophene rings is 1. The van der Waals surface area contributed by atoms with Crippen LogP contribution in [-0.2, 0) is 13.1 Å². The van der Waals surface area contributed by atoms with E-state index in [9.17, 15) is 0 Å². The van der Waals surface area contributed by atoms with Crippen molar-refractivity contribution in [2.45, 2.75) is 38.9 Å². The molecule has 29 heavy (non-hydrogen) atoms. The summed E-state index contributed by atoms with van der Waals surface area (Å²) in [5.41, 5.74) is 2.55. The molecule has 0 atom stereocenters. The van der Waals surface area contributed by atoms with Gasteiger partial charge in [0.15, 0.2) is 17.5 Å². The summed E-state index contributed by atoms with van der Waals surface area (Å²) in [4.78, 5) is 6.93. The quantitative estimate of drug-likeness (QED) is 0.510. The molecule has 0 unspecified atom stereocenters. The first-order chi connectivity index (χ1) is 14.2. The van der Waals surface area contributed by atoms with Gasteiger partial charge in [-0.15, -0.1) is 0 Å². The summed E-state index contributed by atoms with van der Waals surface area (Å²) in [6.07, 6.45) is 2.25. The van der Waals surface area contributed by atoms with Gasteiger partial charge in [-0.2, -0.15) is 11.3 Å². The van der Waals surface area contributed by atoms with E-state index >= 15 is 0 Å². The fourth-order valence-electron chi connectivity index (χ4n) is 3.55. The van der Waals surface area contributed by atoms with Crippen LogP contribution in [0.15, 0.2) is 40.0 Å². The maximum Gasteiger partial charge on any atom is 0.191 e. The molecule has 0 radical (unpaired) electrons. The highest BCUT2D eigenvalue weighted by Crippen LogP contribution is 2.28. The van der Waals surface area contributed by atoms with E-state index in [4.69, 9.17) is 9.47 Å². The van der Waals surface area contributed by atoms with Gasteiger partial charge in [-0.05, 0) is 59.9 Å². The summed E-state index contributed by atoms with van der Waals surface area (Å²) < 4.78 is 11.0. The van der Waals surface area contributed by atoms with Crippen LogP contribution in [0.25, 0.3) is 0 Å². The van der Waals surface area contributed by atoms with Crippen LogP contribution < -0.4 is 20.1 Å². The Kier molecular flexibility index (Phi) is 8.19. The molecular formula is C22H32N4O2S. The molecule has 6 nitrogen and oxygen atoms in total. The van der Waals surface area contributed by atoms with Gasteiger partial charge in [0.2, 0.25) is 0 Å². The van der Waals surface area contributed by atoms with Crippen molar-refractivity contribution in [1.82, 2.24) is 15.5 Å². The molecule has 7 heteroatoms. The molecule has 158 valence electrons. The number of nitrogens with one attached hydrogen (secondary N) is 2. The van der Waals surface area contributed by atoms with Crippen LogP contribution in [-0.4, -0.2) is 50.8 Å². The van der Waals surface area contributed by atoms with Crippen LogP contribution in [0.4, 0.5) is 0 Å². The van der Waals surface area contributed by atoms with Crippen LogP contribution in [0, 0.1) is 0 Å². The first-order valence-corrected chi connectivity index (χ1v) is 11.2. The molecule has 1 saturated heterocycles. The van der Waals surface area contributed by atoms with Gasteiger partial charge in [-0.3, -0.25) is 9.89 Å². The minimum Gasteiger partial charge on any atom is -0.493 e. The number of aliphatic imine (C=N–C) groups is 1. The van der Waals surface area contributed by atoms with Crippen molar-refractivity contribution in [2.24, 2.45) is 4.99 Å². The molecule has 1 aliphatic rings. The fourth-order valence-corrected chi connectivity index (χ4v) is 4.21. The summed E-state index contributed by atoms with van der Waals surface area (Å²) in [5, 5.41) is 11.4. The van der Waals surface area contributed by atoms with Crippen molar-refractivity contribution in [3.8, 4) is 11.5 Å². The van der Waals surface area contributed by atoms with Gasteiger partial charge in [-0.25, -0.2) is 0 Å². The van der Waals surface area contributed by atoms with Gasteiger partial charge in [0, 0.05) is 39.3 Å². The molecule has 2 aromatic rings. The summed E-state index contributed by atoms with van der Waals surface area (Å²) in [6, 6.07) is 8.68. The first-order valence-electron chi connectivity index (χ1n) is 10.2. The lowest BCUT2D eigenvalue weighted by atomic mass is 10.0. The summed E-state index contributed by atoms with van der Waals surface area (Å²) >= 11 is 1.77. The van der Waals surface area contributed by atoms with Crippen molar-refractivity contribution < 1.29 is 9.47 Å². The van der Waals surface area contributed by atoms with Crippen molar-refractivity contribution in [2.75, 3.05) is 33.9 Å². The Morgan fingerprint density at radius 1 is 1.21 bits per heavy atom. The average Bonchev–Trinajstić information content (AvgIpc) is 3.26. The van der Waals surface area contributed by atoms with Crippen LogP contribution in [0.1, 0.15) is 30.9 Å². The highest BCUT2D eigenvalue weighted by atomic mass is 32.1. The topological polar surface area (TPSA) is 58.1 Å². The standard InChI is InChI=1S/C22H32N4O2S/c1-4-28-21-13-17(5-6-20(21)27-3)14-24-22(23-2)25-19-7-10-26(11-8-19)15-18-9-12-29-16-18/h5-6,9,12-13,16,19H,4,7-8,10-11,14-15H2,1-3H3,(H2,23,24,25). The Hall–Kier alpha value is -2.25. The molecular weight excluding hydrogens is 384 g/mol. The molecule has 0 aliphatic carbocycles. The van der Waals surface area contributed by atoms with Crippen molar-refractivity contribution in [1.29, 1.82) is 0 Å². The second-order valence-electron chi connectivity index (χ2n) is 7.17. The van der Waals surface area contributed by atoms with Gasteiger partial charge >= 0.3 is 0 Å². The first kappa shape index (κ1) is 21.5. The number of hydrogen-bond acceptors (Lipinski definition) is 5. The molecule has 1 aliphatic heterocycles. The molecule has 3 rings (SSSR count). The van der Waals surface area contributed by atoms with E-state index in [0.29, 0.717) is 19.2 Å². The number of rotatable bonds is 8. The van der Waals surface area contributed by atoms with Crippen molar-refractivity contribution in [3.63, 3.8) is 0 Å². The maximum absolute atomic E-state index is 5.67. The molecule has 1 aromatic heterocycles. The highest BCUT2D eigenvalue weighted by molar-refractivity contribution is 7.07. The van der Waals surface area contributed by atoms with Crippen molar-refractivity contribution >= 4 is 17.3 Å². The van der Waals surface area contributed by atoms with E-state index in [0.717, 1.165) is 55.5 Å². The molecule has 1 fully saturated rings. The number of hydrogen-bond donors (Lipinski definition) is 2. The zero-order valence-electron chi connectivity index (χ0n) is 17.6. The third-order valence-corrected chi connectivity index (χ3v) is 5.86. The van der Waals surface area contributed by atoms with Gasteiger partial charge in [0.05, 0.1) is 13.7 Å². The molecule has 0 saturated carbocycles. The van der Waals surface area contributed by atoms with Crippen LogP contribution >= 0.6 is 11.3 Å². The second-order valence-corrected chi connectivity index (χ2v) is 7.95. The maximum atomic E-state index is 5.67. The molecule has 2 N–H and O–H groups in total. The normalized spacial score (nSPS) is 15.9. The minimum absolute atomic E-state index is 0.453. The Morgan fingerprint density at radius 2 is 2.03 bits per heavy atom. The molecule has 0 amide bonds. The molecule has 0 spiro atoms. The summed E-state index contributed by atoms with van der Waals surface area (Å²) in [6.45, 7) is 6.55. The van der Waals surface area contributed by atoms with Crippen LogP contribution in [0.5, 0.6) is 11.5 Å². The smallest absolute Gasteiger partial charge is 0.191 e. The summed E-state index contributed by atoms with van der Waals surface area (Å²) in [7, 11) is 3.48. The highest BCUT2D eigenvalue weighted by Gasteiger charge is 2.20. The fraction of sp³-hybridized carbons (Fsp3) is 0.500. The average molecular weight is 417 g/mol. The predicted octanol–water partition coefficient (Wildman–Crippen LogP) is 3.49. The van der Waals surface area contributed by atoms with E-state index < -0.39 is 0 Å². The lowest BCUT2D eigenvalue weighted by molar-refractivity contribution is 0.198. The molecule has 1 aromatic carbocycles. The Morgan fingerprint density at radius 3 is 2.69 bits per heavy atom. The zero-order chi connectivity index (χ0) is 20.5. The van der Waals surface area contributed by atoms with Crippen LogP contribution in [0.3, 0.4) is 0 Å². The number of nitrogens with zero attached hydrogens (tertiary/aromatic N) is 2. The second kappa shape index (κ2) is 11.1. The predicted molar refractivity (Wildman–Crippen MR) is 120 cm³/mol. The minimum atomic E-state index is 0.453. The van der Waals surface area contributed by atoms with Crippen molar-refractivity contribution in [3.05, 3.63) is 46.2 Å². The Bertz CT molecular complexity index is 771. The number of benzene rings is 1. The summed E-state index contributed by atoms with van der Waals surface area (Å²) in [5.74, 6) is 2.37. The Balaban J connectivity index is 1.46. The van der Waals surface area contributed by atoms with Gasteiger partial charge in [-0.1, -0.05) is 6.07 Å². The van der Waals surface area contributed by atoms with E-state index in [1.165, 1.54) is 5.56 Å². The van der Waals surface area contributed by atoms with E-state index in [1.807, 2.05) is 32.2 Å². The van der Waals surface area contributed by atoms with E-state index in [2.05, 4.69) is 37.4 Å². The molecule has 0 bridgehead atoms. The van der Waals surface area contributed by atoms with E-state index in [1.54, 1.807) is 18.4 Å². The lowest BCUT2D eigenvalue weighted by Crippen LogP contribution is -2.48. The van der Waals surface area contributed by atoms with Gasteiger partial charge in [0.1, 0.15) is 0 Å². The number of piperidine rings is 1. The lowest BCUT2D eigenvalue weighted by Gasteiger charge is -2.33. The SMILES string of the molecule is CCOc1cc(CNC(=NC)NC2CCN(Cc3ccsc3)CC2)ccc1OC. The third kappa shape index (κ3) is 6.37. The number of ether oxygens (including phenoxy) is 2. The van der Waals surface area contributed by atoms with E-state index in [-0.39, 0.29) is 0 Å². The Labute approximate surface area is 177 Å². The zero-order valence-corrected chi connectivity index (χ0v) is 18.4. The number of guanidine groups is 1. The molecule has 2 heterocycles. The largest absolute Gasteiger partial charge is 0.493 e. The third-order valence-electron chi connectivity index (χ3n) is 5.13. The van der Waals surface area contributed by atoms with Crippen LogP contribution in [0.2, 0.25) is 0 Å². The number of likely N-dealkylation sites (tertiary alicyclic amines) is 1. The monoisotopic (exact) mass is 416 g/mol. The van der Waals surface area contributed by atoms with Gasteiger partial charge < -0.3 is 20.1 Å². The van der Waals surface area contributed by atoms with Gasteiger partial charge in [0.25, 0.3) is 0 Å².